The van der Waals surface area contributed by atoms with Crippen molar-refractivity contribution in [2.45, 2.75) is 39.2 Å². The molecule has 0 N–H and O–H groups in total. The molecule has 0 aromatic heterocycles. The van der Waals surface area contributed by atoms with Crippen LogP contribution >= 0.6 is 0 Å². The van der Waals surface area contributed by atoms with Crippen molar-refractivity contribution >= 4 is 17.6 Å². The fourth-order valence-electron chi connectivity index (χ4n) is 3.87. The minimum atomic E-state index is -0.445. The van der Waals surface area contributed by atoms with Crippen LogP contribution in [0.3, 0.4) is 0 Å². The van der Waals surface area contributed by atoms with E-state index in [9.17, 15) is 9.59 Å². The summed E-state index contributed by atoms with van der Waals surface area (Å²) in [6.07, 6.45) is 2.18. The van der Waals surface area contributed by atoms with E-state index in [-0.39, 0.29) is 18.3 Å². The van der Waals surface area contributed by atoms with Gasteiger partial charge in [0, 0.05) is 17.5 Å². The van der Waals surface area contributed by atoms with Gasteiger partial charge in [-0.2, -0.15) is 0 Å². The maximum absolute atomic E-state index is 13.4. The van der Waals surface area contributed by atoms with Crippen LogP contribution in [0.4, 0.5) is 10.5 Å². The molecule has 0 saturated heterocycles. The molecule has 0 unspecified atom stereocenters. The molecule has 148 valence electrons. The quantitative estimate of drug-likeness (QED) is 0.672. The van der Waals surface area contributed by atoms with E-state index in [1.807, 2.05) is 30.3 Å². The average Bonchev–Trinajstić information content (AvgIpc) is 2.73. The Bertz CT molecular complexity index is 834. The van der Waals surface area contributed by atoms with E-state index in [0.29, 0.717) is 17.0 Å². The lowest BCUT2D eigenvalue weighted by molar-refractivity contribution is 0.0870. The topological polar surface area (TPSA) is 55.8 Å². The fraction of sp³-hybridized carbons (Fsp3) is 0.391. The number of fused-ring (bicyclic) bond motifs is 1. The molecule has 1 aliphatic rings. The van der Waals surface area contributed by atoms with Gasteiger partial charge < -0.3 is 9.47 Å². The zero-order chi connectivity index (χ0) is 20.1. The minimum absolute atomic E-state index is 0.0699. The zero-order valence-corrected chi connectivity index (χ0v) is 16.7. The van der Waals surface area contributed by atoms with Crippen molar-refractivity contribution in [3.8, 4) is 5.75 Å². The number of carbonyl (C=O) groups is 2. The summed E-state index contributed by atoms with van der Waals surface area (Å²) in [5.41, 5.74) is 2.02. The van der Waals surface area contributed by atoms with E-state index in [1.54, 1.807) is 37.1 Å². The Morgan fingerprint density at radius 2 is 1.86 bits per heavy atom. The summed E-state index contributed by atoms with van der Waals surface area (Å²) >= 11 is 0. The van der Waals surface area contributed by atoms with Crippen LogP contribution in [0, 0.1) is 5.92 Å². The number of ketones is 1. The molecule has 2 aromatic rings. The number of Topliss-reactive ketones (excluding diaryl/α,β-unsaturated/α-hetero) is 1. The Labute approximate surface area is 166 Å². The summed E-state index contributed by atoms with van der Waals surface area (Å²) in [5.74, 6) is 0.354. The Kier molecular flexibility index (Phi) is 6.34. The largest absolute Gasteiger partial charge is 0.497 e. The van der Waals surface area contributed by atoms with E-state index < -0.39 is 12.1 Å². The van der Waals surface area contributed by atoms with Gasteiger partial charge in [-0.05, 0) is 31.0 Å². The van der Waals surface area contributed by atoms with Crippen molar-refractivity contribution in [3.63, 3.8) is 0 Å². The maximum Gasteiger partial charge on any atom is 0.414 e. The Morgan fingerprint density at radius 3 is 2.50 bits per heavy atom. The molecular formula is C23H27NO4. The molecule has 0 saturated carbocycles. The Morgan fingerprint density at radius 1 is 1.11 bits per heavy atom. The average molecular weight is 381 g/mol. The second kappa shape index (κ2) is 8.91. The van der Waals surface area contributed by atoms with Gasteiger partial charge in [-0.3, -0.25) is 9.69 Å². The smallest absolute Gasteiger partial charge is 0.414 e. The van der Waals surface area contributed by atoms with Crippen LogP contribution in [0.15, 0.2) is 48.5 Å². The third-order valence-corrected chi connectivity index (χ3v) is 5.20. The Hall–Kier alpha value is -2.82. The van der Waals surface area contributed by atoms with Gasteiger partial charge in [-0.1, -0.05) is 50.1 Å². The SMILES string of the molecule is CCCC[C@@H]1C(=O)c2ccc(OC)cc2N(C(=O)OCC)[C@H]1c1ccccc1. The molecule has 5 nitrogen and oxygen atoms in total. The number of rotatable bonds is 6. The summed E-state index contributed by atoms with van der Waals surface area (Å²) < 4.78 is 10.7. The number of carbonyl (C=O) groups excluding carboxylic acids is 2. The molecule has 2 aromatic carbocycles. The molecule has 5 heteroatoms. The molecule has 28 heavy (non-hydrogen) atoms. The van der Waals surface area contributed by atoms with Crippen LogP contribution in [0.5, 0.6) is 5.75 Å². The third-order valence-electron chi connectivity index (χ3n) is 5.20. The highest BCUT2D eigenvalue weighted by Crippen LogP contribution is 2.45. The van der Waals surface area contributed by atoms with Crippen LogP contribution in [0.2, 0.25) is 0 Å². The third kappa shape index (κ3) is 3.75. The van der Waals surface area contributed by atoms with Gasteiger partial charge in [0.1, 0.15) is 5.75 Å². The van der Waals surface area contributed by atoms with Gasteiger partial charge in [0.05, 0.1) is 25.4 Å². The number of amides is 1. The number of benzene rings is 2. The van der Waals surface area contributed by atoms with Crippen molar-refractivity contribution < 1.29 is 19.1 Å². The number of unbranched alkanes of at least 4 members (excludes halogenated alkanes) is 1. The highest BCUT2D eigenvalue weighted by molar-refractivity contribution is 6.10. The molecule has 0 aliphatic carbocycles. The predicted octanol–water partition coefficient (Wildman–Crippen LogP) is 5.40. The summed E-state index contributed by atoms with van der Waals surface area (Å²) in [5, 5.41) is 0. The molecule has 1 heterocycles. The molecule has 2 atom stereocenters. The van der Waals surface area contributed by atoms with Gasteiger partial charge >= 0.3 is 6.09 Å². The second-order valence-corrected chi connectivity index (χ2v) is 6.92. The molecule has 0 radical (unpaired) electrons. The normalized spacial score (nSPS) is 18.5. The number of methoxy groups -OCH3 is 1. The van der Waals surface area contributed by atoms with Gasteiger partial charge in [0.2, 0.25) is 0 Å². The monoisotopic (exact) mass is 381 g/mol. The summed E-state index contributed by atoms with van der Waals surface area (Å²) in [7, 11) is 1.57. The minimum Gasteiger partial charge on any atom is -0.497 e. The van der Waals surface area contributed by atoms with E-state index in [4.69, 9.17) is 9.47 Å². The van der Waals surface area contributed by atoms with E-state index in [2.05, 4.69) is 6.92 Å². The molecule has 0 bridgehead atoms. The molecular weight excluding hydrogens is 354 g/mol. The lowest BCUT2D eigenvalue weighted by Crippen LogP contribution is -2.46. The van der Waals surface area contributed by atoms with Gasteiger partial charge in [-0.25, -0.2) is 4.79 Å². The predicted molar refractivity (Wildman–Crippen MR) is 109 cm³/mol. The maximum atomic E-state index is 13.4. The molecule has 0 fully saturated rings. The highest BCUT2D eigenvalue weighted by Gasteiger charge is 2.44. The first kappa shape index (κ1) is 19.9. The summed E-state index contributed by atoms with van der Waals surface area (Å²) in [4.78, 5) is 28.1. The number of nitrogens with zero attached hydrogens (tertiary/aromatic N) is 1. The van der Waals surface area contributed by atoms with Crippen LogP contribution in [-0.4, -0.2) is 25.6 Å². The molecule has 1 amide bonds. The van der Waals surface area contributed by atoms with Gasteiger partial charge in [0.25, 0.3) is 0 Å². The summed E-state index contributed by atoms with van der Waals surface area (Å²) in [6.45, 7) is 4.15. The van der Waals surface area contributed by atoms with Gasteiger partial charge in [0.15, 0.2) is 5.78 Å². The highest BCUT2D eigenvalue weighted by atomic mass is 16.6. The molecule has 3 rings (SSSR count). The van der Waals surface area contributed by atoms with Crippen molar-refractivity contribution in [2.75, 3.05) is 18.6 Å². The van der Waals surface area contributed by atoms with E-state index in [0.717, 1.165) is 24.8 Å². The van der Waals surface area contributed by atoms with Crippen molar-refractivity contribution in [1.29, 1.82) is 0 Å². The van der Waals surface area contributed by atoms with Crippen LogP contribution in [0.25, 0.3) is 0 Å². The second-order valence-electron chi connectivity index (χ2n) is 6.92. The van der Waals surface area contributed by atoms with Crippen LogP contribution in [-0.2, 0) is 4.74 Å². The van der Waals surface area contributed by atoms with Crippen LogP contribution in [0.1, 0.15) is 55.1 Å². The van der Waals surface area contributed by atoms with Crippen LogP contribution < -0.4 is 9.64 Å². The van der Waals surface area contributed by atoms with Gasteiger partial charge in [-0.15, -0.1) is 0 Å². The summed E-state index contributed by atoms with van der Waals surface area (Å²) in [6, 6.07) is 14.6. The van der Waals surface area contributed by atoms with E-state index in [1.165, 1.54) is 0 Å². The molecule has 0 spiro atoms. The first-order valence-corrected chi connectivity index (χ1v) is 9.85. The number of hydrogen-bond donors (Lipinski definition) is 0. The first-order valence-electron chi connectivity index (χ1n) is 9.85. The van der Waals surface area contributed by atoms with Crippen molar-refractivity contribution in [3.05, 3.63) is 59.7 Å². The standard InChI is InChI=1S/C23H27NO4/c1-4-6-12-19-21(16-10-8-7-9-11-16)24(23(26)28-5-2)20-15-17(27-3)13-14-18(20)22(19)25/h7-11,13-15,19,21H,4-6,12H2,1-3H3/t19-,21-/m0/s1. The van der Waals surface area contributed by atoms with Crippen molar-refractivity contribution in [2.24, 2.45) is 5.92 Å². The van der Waals surface area contributed by atoms with Crippen molar-refractivity contribution in [1.82, 2.24) is 0 Å². The lowest BCUT2D eigenvalue weighted by atomic mass is 9.78. The fourth-order valence-corrected chi connectivity index (χ4v) is 3.87. The Balaban J connectivity index is 2.20. The first-order chi connectivity index (χ1) is 13.6. The lowest BCUT2D eigenvalue weighted by Gasteiger charge is -2.41. The number of ether oxygens (including phenoxy) is 2. The van der Waals surface area contributed by atoms with E-state index >= 15 is 0 Å². The number of hydrogen-bond acceptors (Lipinski definition) is 4. The number of anilines is 1. The molecule has 1 aliphatic heterocycles. The zero-order valence-electron chi connectivity index (χ0n) is 16.7.